The number of rotatable bonds is 7. The molecule has 0 fully saturated rings. The molecule has 7 heteroatoms. The third-order valence-electron chi connectivity index (χ3n) is 3.93. The summed E-state index contributed by atoms with van der Waals surface area (Å²) < 4.78 is 20.9. The fourth-order valence-electron chi connectivity index (χ4n) is 2.64. The molecule has 1 aliphatic rings. The molecule has 0 saturated carbocycles. The summed E-state index contributed by atoms with van der Waals surface area (Å²) in [5.41, 5.74) is 1.04. The maximum atomic E-state index is 12.3. The van der Waals surface area contributed by atoms with Crippen molar-refractivity contribution >= 4 is 12.1 Å². The van der Waals surface area contributed by atoms with Crippen LogP contribution in [0.5, 0.6) is 11.5 Å². The second-order valence-corrected chi connectivity index (χ2v) is 5.82. The molecular formula is C18H25NO6. The van der Waals surface area contributed by atoms with Gasteiger partial charge < -0.3 is 23.8 Å². The zero-order chi connectivity index (χ0) is 18.4. The van der Waals surface area contributed by atoms with Gasteiger partial charge in [0.1, 0.15) is 0 Å². The van der Waals surface area contributed by atoms with Crippen LogP contribution in [-0.4, -0.2) is 42.6 Å². The summed E-state index contributed by atoms with van der Waals surface area (Å²) in [5, 5.41) is 0. The zero-order valence-electron chi connectivity index (χ0n) is 15.1. The Morgan fingerprint density at radius 2 is 1.88 bits per heavy atom. The average molecular weight is 351 g/mol. The normalized spacial score (nSPS) is 14.6. The molecule has 1 heterocycles. The van der Waals surface area contributed by atoms with Gasteiger partial charge in [-0.1, -0.05) is 13.0 Å². The first-order valence-corrected chi connectivity index (χ1v) is 8.49. The van der Waals surface area contributed by atoms with Crippen molar-refractivity contribution in [2.75, 3.05) is 13.3 Å². The second kappa shape index (κ2) is 8.60. The third kappa shape index (κ3) is 5.01. The second-order valence-electron chi connectivity index (χ2n) is 5.82. The van der Waals surface area contributed by atoms with Gasteiger partial charge in [0.25, 0.3) is 0 Å². The molecule has 0 spiro atoms. The number of nitrogens with zero attached hydrogens (tertiary/aromatic N) is 1. The summed E-state index contributed by atoms with van der Waals surface area (Å²) in [6.45, 7) is 7.75. The Labute approximate surface area is 147 Å². The van der Waals surface area contributed by atoms with Crippen molar-refractivity contribution in [2.45, 2.75) is 52.9 Å². The molecule has 0 N–H and O–H groups in total. The molecule has 0 bridgehead atoms. The molecule has 0 aromatic heterocycles. The van der Waals surface area contributed by atoms with Crippen LogP contribution in [0.1, 0.15) is 39.7 Å². The Kier molecular flexibility index (Phi) is 6.50. The van der Waals surface area contributed by atoms with Gasteiger partial charge in [-0.2, -0.15) is 0 Å². The van der Waals surface area contributed by atoms with Crippen LogP contribution >= 0.6 is 0 Å². The first-order chi connectivity index (χ1) is 11.9. The number of carbonyl (C=O) groups is 2. The highest BCUT2D eigenvalue weighted by Crippen LogP contribution is 2.33. The molecule has 1 aromatic rings. The van der Waals surface area contributed by atoms with Gasteiger partial charge in [-0.15, -0.1) is 0 Å². The van der Waals surface area contributed by atoms with Crippen molar-refractivity contribution in [3.8, 4) is 11.5 Å². The molecule has 0 aliphatic carbocycles. The Morgan fingerprint density at radius 1 is 1.16 bits per heavy atom. The number of esters is 1. The standard InChI is InChI=1S/C18H25NO6/c1-5-17(20)24-13(4)25-18(21)19(6-2)12(3)9-14-7-8-15-16(10-14)23-11-22-15/h7-8,10,12-13H,5-6,9,11H2,1-4H3. The van der Waals surface area contributed by atoms with E-state index in [9.17, 15) is 9.59 Å². The maximum Gasteiger partial charge on any atom is 0.413 e. The lowest BCUT2D eigenvalue weighted by Gasteiger charge is -2.28. The first-order valence-electron chi connectivity index (χ1n) is 8.49. The largest absolute Gasteiger partial charge is 0.454 e. The quantitative estimate of drug-likeness (QED) is 0.555. The van der Waals surface area contributed by atoms with E-state index in [0.29, 0.717) is 13.0 Å². The predicted octanol–water partition coefficient (Wildman–Crippen LogP) is 3.10. The molecule has 7 nitrogen and oxygen atoms in total. The van der Waals surface area contributed by atoms with E-state index in [-0.39, 0.29) is 19.3 Å². The molecule has 0 saturated heterocycles. The van der Waals surface area contributed by atoms with Gasteiger partial charge in [0.05, 0.1) is 0 Å². The van der Waals surface area contributed by atoms with E-state index < -0.39 is 18.4 Å². The first kappa shape index (κ1) is 18.9. The van der Waals surface area contributed by atoms with Gasteiger partial charge in [-0.05, 0) is 38.0 Å². The minimum Gasteiger partial charge on any atom is -0.454 e. The van der Waals surface area contributed by atoms with Gasteiger partial charge in [-0.25, -0.2) is 4.79 Å². The molecule has 138 valence electrons. The van der Waals surface area contributed by atoms with Crippen LogP contribution in [0.15, 0.2) is 18.2 Å². The number of fused-ring (bicyclic) bond motifs is 1. The summed E-state index contributed by atoms with van der Waals surface area (Å²) in [6, 6.07) is 5.65. The number of hydrogen-bond acceptors (Lipinski definition) is 6. The topological polar surface area (TPSA) is 74.3 Å². The molecule has 1 amide bonds. The molecule has 25 heavy (non-hydrogen) atoms. The van der Waals surface area contributed by atoms with E-state index in [0.717, 1.165) is 17.1 Å². The minimum atomic E-state index is -0.910. The molecule has 2 unspecified atom stereocenters. The maximum absolute atomic E-state index is 12.3. The summed E-state index contributed by atoms with van der Waals surface area (Å²) in [5.74, 6) is 1.04. The van der Waals surface area contributed by atoms with Crippen LogP contribution < -0.4 is 9.47 Å². The average Bonchev–Trinajstić information content (AvgIpc) is 3.02. The Hall–Kier alpha value is -2.44. The van der Waals surface area contributed by atoms with E-state index in [1.54, 1.807) is 11.8 Å². The van der Waals surface area contributed by atoms with Crippen molar-refractivity contribution in [2.24, 2.45) is 0 Å². The highest BCUT2D eigenvalue weighted by atomic mass is 16.7. The lowest BCUT2D eigenvalue weighted by molar-refractivity contribution is -0.165. The van der Waals surface area contributed by atoms with E-state index in [2.05, 4.69) is 0 Å². The third-order valence-corrected chi connectivity index (χ3v) is 3.93. The zero-order valence-corrected chi connectivity index (χ0v) is 15.1. The number of likely N-dealkylation sites (N-methyl/N-ethyl adjacent to an activating group) is 1. The molecule has 2 atom stereocenters. The summed E-state index contributed by atoms with van der Waals surface area (Å²) in [7, 11) is 0. The van der Waals surface area contributed by atoms with Crippen LogP contribution in [0.25, 0.3) is 0 Å². The summed E-state index contributed by atoms with van der Waals surface area (Å²) >= 11 is 0. The fraction of sp³-hybridized carbons (Fsp3) is 0.556. The number of ether oxygens (including phenoxy) is 4. The number of amides is 1. The molecule has 1 aromatic carbocycles. The van der Waals surface area contributed by atoms with Gasteiger partial charge >= 0.3 is 12.1 Å². The number of benzene rings is 1. The Bertz CT molecular complexity index is 618. The lowest BCUT2D eigenvalue weighted by atomic mass is 10.1. The van der Waals surface area contributed by atoms with Crippen molar-refractivity contribution in [1.29, 1.82) is 0 Å². The molecule has 2 rings (SSSR count). The smallest absolute Gasteiger partial charge is 0.413 e. The highest BCUT2D eigenvalue weighted by molar-refractivity contribution is 5.70. The van der Waals surface area contributed by atoms with E-state index in [4.69, 9.17) is 18.9 Å². The minimum absolute atomic E-state index is 0.0908. The van der Waals surface area contributed by atoms with Gasteiger partial charge in [0.15, 0.2) is 11.5 Å². The monoisotopic (exact) mass is 351 g/mol. The highest BCUT2D eigenvalue weighted by Gasteiger charge is 2.24. The van der Waals surface area contributed by atoms with E-state index >= 15 is 0 Å². The van der Waals surface area contributed by atoms with Crippen LogP contribution in [0.4, 0.5) is 4.79 Å². The summed E-state index contributed by atoms with van der Waals surface area (Å²) in [4.78, 5) is 25.2. The summed E-state index contributed by atoms with van der Waals surface area (Å²) in [6.07, 6.45) is -0.540. The van der Waals surface area contributed by atoms with Crippen molar-refractivity contribution in [3.63, 3.8) is 0 Å². The molecular weight excluding hydrogens is 326 g/mol. The molecule has 1 aliphatic heterocycles. The number of hydrogen-bond donors (Lipinski definition) is 0. The fourth-order valence-corrected chi connectivity index (χ4v) is 2.64. The van der Waals surface area contributed by atoms with E-state index in [1.807, 2.05) is 32.0 Å². The SMILES string of the molecule is CCC(=O)OC(C)OC(=O)N(CC)C(C)Cc1ccc2c(c1)OCO2. The van der Waals surface area contributed by atoms with Crippen LogP contribution in [-0.2, 0) is 20.7 Å². The van der Waals surface area contributed by atoms with Crippen molar-refractivity contribution in [1.82, 2.24) is 4.90 Å². The Balaban J connectivity index is 1.94. The van der Waals surface area contributed by atoms with Crippen LogP contribution in [0, 0.1) is 0 Å². The molecule has 0 radical (unpaired) electrons. The Morgan fingerprint density at radius 3 is 2.56 bits per heavy atom. The predicted molar refractivity (Wildman–Crippen MR) is 90.4 cm³/mol. The van der Waals surface area contributed by atoms with Gasteiger partial charge in [0, 0.05) is 25.9 Å². The van der Waals surface area contributed by atoms with Crippen LogP contribution in [0.3, 0.4) is 0 Å². The van der Waals surface area contributed by atoms with Crippen molar-refractivity contribution in [3.05, 3.63) is 23.8 Å². The van der Waals surface area contributed by atoms with E-state index in [1.165, 1.54) is 6.92 Å². The lowest BCUT2D eigenvalue weighted by Crippen LogP contribution is -2.41. The van der Waals surface area contributed by atoms with Gasteiger partial charge in [0.2, 0.25) is 13.1 Å². The van der Waals surface area contributed by atoms with Crippen LogP contribution in [0.2, 0.25) is 0 Å². The number of carbonyl (C=O) groups excluding carboxylic acids is 2. The van der Waals surface area contributed by atoms with Crippen molar-refractivity contribution < 1.29 is 28.5 Å². The van der Waals surface area contributed by atoms with Gasteiger partial charge in [-0.3, -0.25) is 4.79 Å².